The summed E-state index contributed by atoms with van der Waals surface area (Å²) in [6, 6.07) is 11.1. The van der Waals surface area contributed by atoms with Crippen LogP contribution in [-0.4, -0.2) is 39.2 Å². The summed E-state index contributed by atoms with van der Waals surface area (Å²) in [5, 5.41) is 16.5. The van der Waals surface area contributed by atoms with Gasteiger partial charge in [-0.2, -0.15) is 5.10 Å². The molecule has 0 saturated heterocycles. The Balaban J connectivity index is 1.91. The molecule has 1 saturated carbocycles. The van der Waals surface area contributed by atoms with Gasteiger partial charge in [0.15, 0.2) is 5.78 Å². The van der Waals surface area contributed by atoms with E-state index in [1.807, 2.05) is 37.3 Å². The Labute approximate surface area is 146 Å². The molecule has 1 aliphatic rings. The number of rotatable bonds is 7. The predicted octanol–water partition coefficient (Wildman–Crippen LogP) is 2.20. The van der Waals surface area contributed by atoms with E-state index in [2.05, 4.69) is 10.4 Å². The molecule has 3 atom stereocenters. The number of carbonyl (C=O) groups is 2. The molecule has 1 aromatic heterocycles. The zero-order valence-corrected chi connectivity index (χ0v) is 14.5. The maximum atomic E-state index is 12.7. The highest BCUT2D eigenvalue weighted by atomic mass is 16.3. The monoisotopic (exact) mass is 341 g/mol. The fourth-order valence-electron chi connectivity index (χ4n) is 2.92. The van der Waals surface area contributed by atoms with Crippen molar-refractivity contribution in [1.82, 2.24) is 15.1 Å². The lowest BCUT2D eigenvalue weighted by Crippen LogP contribution is -2.30. The number of nitrogens with one attached hydrogen (secondary N) is 1. The molecule has 3 rings (SSSR count). The van der Waals surface area contributed by atoms with Crippen molar-refractivity contribution in [2.24, 2.45) is 5.92 Å². The van der Waals surface area contributed by atoms with E-state index in [9.17, 15) is 9.59 Å². The number of hydrogen-bond acceptors (Lipinski definition) is 4. The van der Waals surface area contributed by atoms with E-state index >= 15 is 0 Å². The number of aromatic nitrogens is 2. The molecule has 2 aromatic rings. The number of carbonyl (C=O) groups excluding carboxylic acids is 2. The quantitative estimate of drug-likeness (QED) is 0.756. The van der Waals surface area contributed by atoms with Gasteiger partial charge in [0.1, 0.15) is 11.4 Å². The van der Waals surface area contributed by atoms with Gasteiger partial charge in [0.25, 0.3) is 5.91 Å². The number of aliphatic hydroxyl groups is 1. The van der Waals surface area contributed by atoms with Gasteiger partial charge in [0.05, 0.1) is 6.04 Å². The number of Topliss-reactive ketones (excluding diaryl/α,β-unsaturated/α-hetero) is 1. The molecule has 6 heteroatoms. The van der Waals surface area contributed by atoms with Crippen LogP contribution >= 0.6 is 0 Å². The Hall–Kier alpha value is -2.47. The highest BCUT2D eigenvalue weighted by Crippen LogP contribution is 2.30. The van der Waals surface area contributed by atoms with Crippen molar-refractivity contribution in [3.05, 3.63) is 53.3 Å². The molecule has 6 nitrogen and oxygen atoms in total. The predicted molar refractivity (Wildman–Crippen MR) is 93.6 cm³/mol. The second-order valence-corrected chi connectivity index (χ2v) is 6.48. The number of amides is 1. The fourth-order valence-corrected chi connectivity index (χ4v) is 2.92. The maximum Gasteiger partial charge on any atom is 0.269 e. The van der Waals surface area contributed by atoms with Crippen molar-refractivity contribution in [3.63, 3.8) is 0 Å². The number of ketones is 1. The highest BCUT2D eigenvalue weighted by Gasteiger charge is 2.38. The lowest BCUT2D eigenvalue weighted by Gasteiger charge is -2.16. The third kappa shape index (κ3) is 3.64. The Bertz CT molecular complexity index is 769. The Morgan fingerprint density at radius 1 is 1.36 bits per heavy atom. The first-order valence-electron chi connectivity index (χ1n) is 8.64. The molecule has 1 fully saturated rings. The van der Waals surface area contributed by atoms with Crippen molar-refractivity contribution >= 4 is 11.7 Å². The second kappa shape index (κ2) is 7.19. The first-order valence-corrected chi connectivity index (χ1v) is 8.64. The first kappa shape index (κ1) is 17.4. The third-order valence-electron chi connectivity index (χ3n) is 4.70. The summed E-state index contributed by atoms with van der Waals surface area (Å²) in [4.78, 5) is 24.7. The summed E-state index contributed by atoms with van der Waals surface area (Å²) >= 11 is 0. The van der Waals surface area contributed by atoms with Crippen molar-refractivity contribution in [2.45, 2.75) is 38.8 Å². The average molecular weight is 341 g/mol. The number of benzene rings is 1. The SMILES string of the molecule is CCC(=O)c1cc(C(=O)N[C@H]2C[C@H]2CO)n([C@@H](C)c2ccccc2)n1. The van der Waals surface area contributed by atoms with E-state index in [-0.39, 0.29) is 36.3 Å². The minimum Gasteiger partial charge on any atom is -0.396 e. The molecule has 0 radical (unpaired) electrons. The minimum absolute atomic E-state index is 0.00166. The molecule has 1 heterocycles. The molecular weight excluding hydrogens is 318 g/mol. The molecule has 0 bridgehead atoms. The number of hydrogen-bond donors (Lipinski definition) is 2. The van der Waals surface area contributed by atoms with Crippen LogP contribution in [0.25, 0.3) is 0 Å². The summed E-state index contributed by atoms with van der Waals surface area (Å²) in [6.45, 7) is 3.80. The molecule has 1 aliphatic carbocycles. The standard InChI is InChI=1S/C19H23N3O3/c1-3-18(24)16-10-17(19(25)20-15-9-14(15)11-23)22(21-16)12(2)13-7-5-4-6-8-13/h4-8,10,12,14-15,23H,3,9,11H2,1-2H3,(H,20,25)/t12-,14-,15-/m0/s1. The van der Waals surface area contributed by atoms with E-state index < -0.39 is 0 Å². The first-order chi connectivity index (χ1) is 12.0. The van der Waals surface area contributed by atoms with Gasteiger partial charge in [0.2, 0.25) is 0 Å². The summed E-state index contributed by atoms with van der Waals surface area (Å²) in [7, 11) is 0. The molecular formula is C19H23N3O3. The summed E-state index contributed by atoms with van der Waals surface area (Å²) in [5.41, 5.74) is 1.69. The van der Waals surface area contributed by atoms with Crippen molar-refractivity contribution in [3.8, 4) is 0 Å². The van der Waals surface area contributed by atoms with E-state index in [1.54, 1.807) is 17.7 Å². The van der Waals surface area contributed by atoms with Crippen LogP contribution in [0.3, 0.4) is 0 Å². The van der Waals surface area contributed by atoms with E-state index in [1.165, 1.54) is 0 Å². The van der Waals surface area contributed by atoms with Crippen molar-refractivity contribution in [1.29, 1.82) is 0 Å². The van der Waals surface area contributed by atoms with E-state index in [4.69, 9.17) is 5.11 Å². The van der Waals surface area contributed by atoms with Crippen LogP contribution in [-0.2, 0) is 0 Å². The van der Waals surface area contributed by atoms with Crippen LogP contribution in [0, 0.1) is 5.92 Å². The third-order valence-corrected chi connectivity index (χ3v) is 4.70. The zero-order valence-electron chi connectivity index (χ0n) is 14.5. The fraction of sp³-hybridized carbons (Fsp3) is 0.421. The molecule has 25 heavy (non-hydrogen) atoms. The van der Waals surface area contributed by atoms with Gasteiger partial charge in [0, 0.05) is 31.1 Å². The topological polar surface area (TPSA) is 84.2 Å². The van der Waals surface area contributed by atoms with Gasteiger partial charge in [-0.3, -0.25) is 14.3 Å². The molecule has 2 N–H and O–H groups in total. The molecule has 0 unspecified atom stereocenters. The normalized spacial score (nSPS) is 20.1. The van der Waals surface area contributed by atoms with Gasteiger partial charge in [-0.05, 0) is 18.9 Å². The van der Waals surface area contributed by atoms with Crippen LogP contribution < -0.4 is 5.32 Å². The summed E-state index contributed by atoms with van der Waals surface area (Å²) in [5.74, 6) is -0.220. The molecule has 0 aliphatic heterocycles. The van der Waals surface area contributed by atoms with Gasteiger partial charge in [-0.1, -0.05) is 37.3 Å². The van der Waals surface area contributed by atoms with Crippen LogP contribution in [0.2, 0.25) is 0 Å². The van der Waals surface area contributed by atoms with Crippen LogP contribution in [0.4, 0.5) is 0 Å². The minimum atomic E-state index is -0.258. The van der Waals surface area contributed by atoms with E-state index in [0.717, 1.165) is 12.0 Å². The maximum absolute atomic E-state index is 12.7. The second-order valence-electron chi connectivity index (χ2n) is 6.48. The van der Waals surface area contributed by atoms with Gasteiger partial charge in [-0.25, -0.2) is 0 Å². The van der Waals surface area contributed by atoms with Gasteiger partial charge < -0.3 is 10.4 Å². The zero-order chi connectivity index (χ0) is 18.0. The average Bonchev–Trinajstić information content (AvgIpc) is 3.24. The van der Waals surface area contributed by atoms with Crippen molar-refractivity contribution in [2.75, 3.05) is 6.61 Å². The summed E-state index contributed by atoms with van der Waals surface area (Å²) in [6.07, 6.45) is 1.12. The highest BCUT2D eigenvalue weighted by molar-refractivity contribution is 5.99. The van der Waals surface area contributed by atoms with Crippen LogP contribution in [0.15, 0.2) is 36.4 Å². The number of aliphatic hydroxyl groups excluding tert-OH is 1. The molecule has 132 valence electrons. The largest absolute Gasteiger partial charge is 0.396 e. The Morgan fingerprint density at radius 3 is 2.68 bits per heavy atom. The molecule has 1 aromatic carbocycles. The van der Waals surface area contributed by atoms with Crippen molar-refractivity contribution < 1.29 is 14.7 Å². The van der Waals surface area contributed by atoms with E-state index in [0.29, 0.717) is 17.8 Å². The Morgan fingerprint density at radius 2 is 2.08 bits per heavy atom. The summed E-state index contributed by atoms with van der Waals surface area (Å²) < 4.78 is 1.61. The van der Waals surface area contributed by atoms with Crippen LogP contribution in [0.5, 0.6) is 0 Å². The smallest absolute Gasteiger partial charge is 0.269 e. The lowest BCUT2D eigenvalue weighted by atomic mass is 10.1. The molecule has 1 amide bonds. The Kier molecular flexibility index (Phi) is 4.99. The van der Waals surface area contributed by atoms with Crippen LogP contribution in [0.1, 0.15) is 59.3 Å². The van der Waals surface area contributed by atoms with Gasteiger partial charge in [-0.15, -0.1) is 0 Å². The molecule has 0 spiro atoms. The lowest BCUT2D eigenvalue weighted by molar-refractivity contribution is 0.0934. The number of nitrogens with zero attached hydrogens (tertiary/aromatic N) is 2. The van der Waals surface area contributed by atoms with Gasteiger partial charge >= 0.3 is 0 Å².